The largest absolute Gasteiger partial charge is 0.497 e. The van der Waals surface area contributed by atoms with Crippen molar-refractivity contribution in [3.05, 3.63) is 174 Å². The molecule has 7 aromatic rings. The number of carbonyl (C=O) groups excluding carboxylic acids is 1. The molecule has 1 aliphatic heterocycles. The van der Waals surface area contributed by atoms with Crippen LogP contribution in [0.25, 0.3) is 23.3 Å². The van der Waals surface area contributed by atoms with Crippen LogP contribution in [0.4, 0.5) is 5.82 Å². The predicted octanol–water partition coefficient (Wildman–Crippen LogP) is 6.66. The van der Waals surface area contributed by atoms with E-state index in [0.29, 0.717) is 17.2 Å². The van der Waals surface area contributed by atoms with E-state index in [-0.39, 0.29) is 30.2 Å². The molecule has 1 amide bonds. The van der Waals surface area contributed by atoms with Crippen LogP contribution in [0.3, 0.4) is 0 Å². The lowest BCUT2D eigenvalue weighted by atomic mass is 9.80. The van der Waals surface area contributed by atoms with Crippen LogP contribution < -0.4 is 19.5 Å². The Morgan fingerprint density at radius 3 is 1.90 bits per heavy atom. The van der Waals surface area contributed by atoms with Crippen molar-refractivity contribution in [3.63, 3.8) is 0 Å². The average Bonchev–Trinajstić information content (AvgIpc) is 3.86. The Hall–Kier alpha value is -6.90. The van der Waals surface area contributed by atoms with Gasteiger partial charge in [0, 0.05) is 0 Å². The Bertz CT molecular complexity index is 2490. The summed E-state index contributed by atoms with van der Waals surface area (Å²) in [6, 6.07) is 42.3. The van der Waals surface area contributed by atoms with Gasteiger partial charge >= 0.3 is 0 Å². The van der Waals surface area contributed by atoms with Crippen LogP contribution in [0.1, 0.15) is 34.0 Å². The third-order valence-electron chi connectivity index (χ3n) is 10.4. The van der Waals surface area contributed by atoms with Gasteiger partial charge in [-0.2, -0.15) is 0 Å². The average molecular weight is 806 g/mol. The number of rotatable bonds is 15. The number of nitrogens with zero attached hydrogens (tertiary/aromatic N) is 4. The van der Waals surface area contributed by atoms with Crippen LogP contribution in [0, 0.1) is 0 Å². The molecule has 3 heterocycles. The van der Waals surface area contributed by atoms with E-state index < -0.39 is 36.0 Å². The molecule has 4 atom stereocenters. The number of imidazole rings is 1. The fraction of sp³-hybridized carbons (Fsp3) is 0.191. The highest BCUT2D eigenvalue weighted by Crippen LogP contribution is 2.43. The molecule has 8 rings (SSSR count). The van der Waals surface area contributed by atoms with Gasteiger partial charge in [0.15, 0.2) is 29.8 Å². The van der Waals surface area contributed by atoms with E-state index in [0.717, 1.165) is 27.8 Å². The number of nitrogens with one attached hydrogen (secondary N) is 1. The molecule has 304 valence electrons. The Kier molecular flexibility index (Phi) is 11.9. The summed E-state index contributed by atoms with van der Waals surface area (Å²) in [5.74, 6) is 1.57. The minimum Gasteiger partial charge on any atom is -0.497 e. The highest BCUT2D eigenvalue weighted by molar-refractivity contribution is 5.97. The molecule has 1 saturated heterocycles. The molecule has 0 aliphatic carbocycles. The van der Waals surface area contributed by atoms with E-state index in [1.165, 1.54) is 17.2 Å². The Labute approximate surface area is 346 Å². The lowest BCUT2D eigenvalue weighted by molar-refractivity contribution is -0.118. The number of ether oxygens (including phenoxy) is 5. The van der Waals surface area contributed by atoms with Crippen molar-refractivity contribution in [2.75, 3.05) is 32.8 Å². The van der Waals surface area contributed by atoms with Gasteiger partial charge in [-0.3, -0.25) is 9.36 Å². The third kappa shape index (κ3) is 8.33. The first-order chi connectivity index (χ1) is 29.4. The van der Waals surface area contributed by atoms with Crippen LogP contribution in [-0.4, -0.2) is 81.4 Å². The van der Waals surface area contributed by atoms with E-state index in [9.17, 15) is 15.0 Å². The van der Waals surface area contributed by atoms with Crippen molar-refractivity contribution in [2.45, 2.75) is 30.1 Å². The molecule has 0 bridgehead atoms. The van der Waals surface area contributed by atoms with Crippen molar-refractivity contribution in [1.29, 1.82) is 0 Å². The Balaban J connectivity index is 0.978. The molecule has 0 radical (unpaired) electrons. The van der Waals surface area contributed by atoms with Gasteiger partial charge < -0.3 is 39.2 Å². The summed E-state index contributed by atoms with van der Waals surface area (Å²) < 4.78 is 31.5. The molecule has 13 nitrogen and oxygen atoms in total. The van der Waals surface area contributed by atoms with Crippen molar-refractivity contribution in [1.82, 2.24) is 19.5 Å². The van der Waals surface area contributed by atoms with Gasteiger partial charge in [-0.05, 0) is 64.2 Å². The first kappa shape index (κ1) is 39.9. The van der Waals surface area contributed by atoms with Gasteiger partial charge in [-0.1, -0.05) is 109 Å². The summed E-state index contributed by atoms with van der Waals surface area (Å²) in [6.07, 6.45) is 1.91. The van der Waals surface area contributed by atoms with Crippen LogP contribution in [0.5, 0.6) is 17.2 Å². The van der Waals surface area contributed by atoms with Crippen molar-refractivity contribution in [2.24, 2.45) is 0 Å². The second-order valence-corrected chi connectivity index (χ2v) is 14.1. The molecule has 13 heteroatoms. The summed E-state index contributed by atoms with van der Waals surface area (Å²) in [5, 5.41) is 25.6. The molecular weight excluding hydrogens is 763 g/mol. The van der Waals surface area contributed by atoms with Crippen molar-refractivity contribution in [3.8, 4) is 17.2 Å². The summed E-state index contributed by atoms with van der Waals surface area (Å²) in [7, 11) is 3.21. The van der Waals surface area contributed by atoms with Gasteiger partial charge in [-0.15, -0.1) is 0 Å². The number of carbonyl (C=O) groups is 1. The Morgan fingerprint density at radius 2 is 1.28 bits per heavy atom. The monoisotopic (exact) mass is 805 g/mol. The number of hydrogen-bond acceptors (Lipinski definition) is 11. The van der Waals surface area contributed by atoms with E-state index in [1.807, 2.05) is 133 Å². The van der Waals surface area contributed by atoms with Crippen LogP contribution in [0.2, 0.25) is 0 Å². The van der Waals surface area contributed by atoms with Gasteiger partial charge in [0.25, 0.3) is 5.91 Å². The molecule has 1 fully saturated rings. The maximum Gasteiger partial charge on any atom is 0.263 e. The minimum absolute atomic E-state index is 0.127. The van der Waals surface area contributed by atoms with Crippen LogP contribution in [-0.2, 0) is 19.9 Å². The number of anilines is 1. The minimum atomic E-state index is -1.38. The smallest absolute Gasteiger partial charge is 0.263 e. The van der Waals surface area contributed by atoms with E-state index in [2.05, 4.69) is 20.3 Å². The predicted molar refractivity (Wildman–Crippen MR) is 225 cm³/mol. The number of fused-ring (bicyclic) bond motifs is 1. The Morgan fingerprint density at radius 1 is 0.717 bits per heavy atom. The zero-order valence-electron chi connectivity index (χ0n) is 32.9. The number of methoxy groups -OCH3 is 2. The molecule has 2 aromatic heterocycles. The fourth-order valence-electron chi connectivity index (χ4n) is 7.26. The maximum absolute atomic E-state index is 13.0. The lowest BCUT2D eigenvalue weighted by Crippen LogP contribution is -2.39. The summed E-state index contributed by atoms with van der Waals surface area (Å²) in [5.41, 5.74) is 3.85. The van der Waals surface area contributed by atoms with Crippen LogP contribution >= 0.6 is 0 Å². The van der Waals surface area contributed by atoms with Crippen LogP contribution in [0.15, 0.2) is 146 Å². The molecule has 0 spiro atoms. The zero-order valence-corrected chi connectivity index (χ0v) is 32.9. The number of aromatic nitrogens is 4. The summed E-state index contributed by atoms with van der Waals surface area (Å²) in [6.45, 7) is -0.404. The standard InChI is InChI=1S/C47H43N5O8/c1-56-36-23-17-34(18-24-36)47(33-11-7-4-8-12-33,35-19-25-37(57-2)26-20-35)59-27-39-42(54)43(55)46(60-39)52-30-50-41-44(48-29-49-45(41)52)51-40(53)28-58-38-21-15-32(16-22-38)14-13-31-9-5-3-6-10-31/h3-26,29-30,39,42-43,46,54-55H,27-28H2,1-2H3,(H,48,49,51,53)/t39-,42?,43?,46-/m1/s1. The summed E-state index contributed by atoms with van der Waals surface area (Å²) in [4.78, 5) is 26.1. The van der Waals surface area contributed by atoms with E-state index in [1.54, 1.807) is 26.4 Å². The highest BCUT2D eigenvalue weighted by Gasteiger charge is 2.47. The van der Waals surface area contributed by atoms with Crippen molar-refractivity contribution >= 4 is 35.0 Å². The number of benzene rings is 5. The van der Waals surface area contributed by atoms with Gasteiger partial charge in [0.1, 0.15) is 47.5 Å². The quantitative estimate of drug-likeness (QED) is 0.0752. The first-order valence-corrected chi connectivity index (χ1v) is 19.3. The first-order valence-electron chi connectivity index (χ1n) is 19.3. The lowest BCUT2D eigenvalue weighted by Gasteiger charge is -2.37. The zero-order chi connectivity index (χ0) is 41.5. The normalized spacial score (nSPS) is 17.8. The maximum atomic E-state index is 13.0. The molecule has 60 heavy (non-hydrogen) atoms. The second-order valence-electron chi connectivity index (χ2n) is 14.1. The molecule has 0 saturated carbocycles. The van der Waals surface area contributed by atoms with Crippen molar-refractivity contribution < 1.29 is 38.7 Å². The van der Waals surface area contributed by atoms with Gasteiger partial charge in [0.05, 0.1) is 27.2 Å². The van der Waals surface area contributed by atoms with E-state index in [4.69, 9.17) is 23.7 Å². The molecule has 2 unspecified atom stereocenters. The molecule has 5 aromatic carbocycles. The number of amides is 1. The highest BCUT2D eigenvalue weighted by atomic mass is 16.6. The third-order valence-corrected chi connectivity index (χ3v) is 10.4. The van der Waals surface area contributed by atoms with Gasteiger partial charge in [0.2, 0.25) is 0 Å². The second kappa shape index (κ2) is 17.9. The topological polar surface area (TPSA) is 159 Å². The van der Waals surface area contributed by atoms with E-state index >= 15 is 0 Å². The number of hydrogen-bond donors (Lipinski definition) is 3. The van der Waals surface area contributed by atoms with Gasteiger partial charge in [-0.25, -0.2) is 15.0 Å². The molecular formula is C47H43N5O8. The molecule has 1 aliphatic rings. The fourth-order valence-corrected chi connectivity index (χ4v) is 7.26. The summed E-state index contributed by atoms with van der Waals surface area (Å²) >= 11 is 0. The SMILES string of the molecule is COc1ccc(C(OC[C@H]2O[C@@H](n3cnc4c(NC(=O)COc5ccc(C=Cc6ccccc6)cc5)ncnc43)C(O)C2O)(c2ccccc2)c2ccc(OC)cc2)cc1. The number of aliphatic hydroxyl groups is 2. The number of aliphatic hydroxyl groups excluding tert-OH is 2. The molecule has 3 N–H and O–H groups in total.